The molecular formula is C11H14BrNO2. The maximum atomic E-state index is 11.8. The van der Waals surface area contributed by atoms with E-state index in [2.05, 4.69) is 21.2 Å². The Morgan fingerprint density at radius 3 is 2.80 bits per heavy atom. The van der Waals surface area contributed by atoms with E-state index in [1.165, 1.54) is 0 Å². The number of nitrogens with one attached hydrogen (secondary N) is 1. The van der Waals surface area contributed by atoms with Crippen LogP contribution in [0.5, 0.6) is 0 Å². The van der Waals surface area contributed by atoms with E-state index in [0.717, 1.165) is 4.47 Å². The molecule has 0 aliphatic rings. The minimum absolute atomic E-state index is 0.00889. The molecule has 15 heavy (non-hydrogen) atoms. The minimum atomic E-state index is -0.0907. The van der Waals surface area contributed by atoms with Gasteiger partial charge in [-0.05, 0) is 35.0 Å². The molecule has 1 N–H and O–H groups in total. The van der Waals surface area contributed by atoms with Crippen molar-refractivity contribution in [2.24, 2.45) is 0 Å². The highest BCUT2D eigenvalue weighted by atomic mass is 79.9. The molecule has 1 aromatic rings. The summed E-state index contributed by atoms with van der Waals surface area (Å²) in [6.07, 6.45) is 0. The van der Waals surface area contributed by atoms with Gasteiger partial charge in [-0.15, -0.1) is 0 Å². The van der Waals surface area contributed by atoms with Crippen LogP contribution in [-0.2, 0) is 4.74 Å². The second-order valence-corrected chi connectivity index (χ2v) is 4.16. The molecule has 0 heterocycles. The summed E-state index contributed by atoms with van der Waals surface area (Å²) in [5.74, 6) is -0.0907. The van der Waals surface area contributed by atoms with Crippen molar-refractivity contribution in [2.75, 3.05) is 13.7 Å². The van der Waals surface area contributed by atoms with Gasteiger partial charge in [-0.25, -0.2) is 0 Å². The number of ether oxygens (including phenoxy) is 1. The average molecular weight is 272 g/mol. The topological polar surface area (TPSA) is 38.3 Å². The third kappa shape index (κ3) is 3.64. The molecule has 1 rings (SSSR count). The monoisotopic (exact) mass is 271 g/mol. The van der Waals surface area contributed by atoms with Gasteiger partial charge in [0.1, 0.15) is 0 Å². The van der Waals surface area contributed by atoms with Crippen LogP contribution in [0.15, 0.2) is 28.7 Å². The van der Waals surface area contributed by atoms with Crippen LogP contribution < -0.4 is 5.32 Å². The molecule has 1 aromatic carbocycles. The lowest BCUT2D eigenvalue weighted by atomic mass is 10.2. The number of amides is 1. The molecule has 0 aromatic heterocycles. The van der Waals surface area contributed by atoms with Gasteiger partial charge in [-0.1, -0.05) is 12.1 Å². The van der Waals surface area contributed by atoms with Gasteiger partial charge in [-0.2, -0.15) is 0 Å². The summed E-state index contributed by atoms with van der Waals surface area (Å²) in [5.41, 5.74) is 0.639. The predicted molar refractivity (Wildman–Crippen MR) is 62.9 cm³/mol. The molecule has 1 atom stereocenters. The molecule has 4 heteroatoms. The number of hydrogen-bond acceptors (Lipinski definition) is 2. The number of benzene rings is 1. The fourth-order valence-electron chi connectivity index (χ4n) is 1.24. The molecule has 0 radical (unpaired) electrons. The molecule has 1 unspecified atom stereocenters. The highest BCUT2D eigenvalue weighted by Crippen LogP contribution is 2.15. The molecule has 0 aliphatic heterocycles. The van der Waals surface area contributed by atoms with Crippen molar-refractivity contribution in [2.45, 2.75) is 13.0 Å². The molecule has 0 fully saturated rings. The third-order valence-corrected chi connectivity index (χ3v) is 2.60. The number of carbonyl (C=O) groups excluding carboxylic acids is 1. The first-order valence-corrected chi connectivity index (χ1v) is 5.48. The quantitative estimate of drug-likeness (QED) is 0.912. The van der Waals surface area contributed by atoms with Crippen LogP contribution >= 0.6 is 15.9 Å². The van der Waals surface area contributed by atoms with Crippen molar-refractivity contribution < 1.29 is 9.53 Å². The van der Waals surface area contributed by atoms with E-state index in [0.29, 0.717) is 12.2 Å². The average Bonchev–Trinajstić information content (AvgIpc) is 2.18. The first-order chi connectivity index (χ1) is 7.15. The maximum absolute atomic E-state index is 11.8. The number of hydrogen-bond donors (Lipinski definition) is 1. The van der Waals surface area contributed by atoms with Crippen LogP contribution in [0.2, 0.25) is 0 Å². The largest absolute Gasteiger partial charge is 0.383 e. The normalized spacial score (nSPS) is 12.2. The Morgan fingerprint density at radius 1 is 1.53 bits per heavy atom. The first-order valence-electron chi connectivity index (χ1n) is 4.69. The molecule has 0 saturated heterocycles. The van der Waals surface area contributed by atoms with E-state index in [-0.39, 0.29) is 11.9 Å². The Hall–Kier alpha value is -0.870. The SMILES string of the molecule is COCC(C)NC(=O)c1ccccc1Br. The molecule has 3 nitrogen and oxygen atoms in total. The van der Waals surface area contributed by atoms with Crippen LogP contribution in [0.3, 0.4) is 0 Å². The van der Waals surface area contributed by atoms with E-state index in [1.54, 1.807) is 13.2 Å². The maximum Gasteiger partial charge on any atom is 0.252 e. The van der Waals surface area contributed by atoms with Gasteiger partial charge >= 0.3 is 0 Å². The van der Waals surface area contributed by atoms with E-state index < -0.39 is 0 Å². The Labute approximate surface area is 97.9 Å². The van der Waals surface area contributed by atoms with Crippen molar-refractivity contribution >= 4 is 21.8 Å². The van der Waals surface area contributed by atoms with Crippen molar-refractivity contribution in [1.29, 1.82) is 0 Å². The summed E-state index contributed by atoms with van der Waals surface area (Å²) in [6.45, 7) is 2.41. The fourth-order valence-corrected chi connectivity index (χ4v) is 1.70. The molecule has 0 bridgehead atoms. The first kappa shape index (κ1) is 12.2. The van der Waals surface area contributed by atoms with Crippen molar-refractivity contribution in [3.63, 3.8) is 0 Å². The summed E-state index contributed by atoms with van der Waals surface area (Å²) in [6, 6.07) is 7.34. The number of rotatable bonds is 4. The van der Waals surface area contributed by atoms with Gasteiger partial charge in [0.15, 0.2) is 0 Å². The Bertz CT molecular complexity index is 341. The van der Waals surface area contributed by atoms with Crippen molar-refractivity contribution in [3.8, 4) is 0 Å². The number of halogens is 1. The van der Waals surface area contributed by atoms with Gasteiger partial charge in [-0.3, -0.25) is 4.79 Å². The Balaban J connectivity index is 2.65. The predicted octanol–water partition coefficient (Wildman–Crippen LogP) is 2.21. The van der Waals surface area contributed by atoms with Gasteiger partial charge in [0.05, 0.1) is 12.2 Å². The lowest BCUT2D eigenvalue weighted by Crippen LogP contribution is -2.35. The van der Waals surface area contributed by atoms with Crippen LogP contribution in [0, 0.1) is 0 Å². The van der Waals surface area contributed by atoms with Gasteiger partial charge < -0.3 is 10.1 Å². The van der Waals surface area contributed by atoms with E-state index in [1.807, 2.05) is 25.1 Å². The highest BCUT2D eigenvalue weighted by Gasteiger charge is 2.11. The lowest BCUT2D eigenvalue weighted by Gasteiger charge is -2.13. The smallest absolute Gasteiger partial charge is 0.252 e. The second kappa shape index (κ2) is 5.88. The van der Waals surface area contributed by atoms with E-state index >= 15 is 0 Å². The summed E-state index contributed by atoms with van der Waals surface area (Å²) in [7, 11) is 1.61. The van der Waals surface area contributed by atoms with Gasteiger partial charge in [0.25, 0.3) is 5.91 Å². The zero-order valence-corrected chi connectivity index (χ0v) is 10.4. The second-order valence-electron chi connectivity index (χ2n) is 3.31. The highest BCUT2D eigenvalue weighted by molar-refractivity contribution is 9.10. The van der Waals surface area contributed by atoms with Gasteiger partial charge in [0.2, 0.25) is 0 Å². The van der Waals surface area contributed by atoms with E-state index in [4.69, 9.17) is 4.74 Å². The molecule has 0 saturated carbocycles. The number of methoxy groups -OCH3 is 1. The summed E-state index contributed by atoms with van der Waals surface area (Å²) < 4.78 is 5.74. The van der Waals surface area contributed by atoms with Crippen LogP contribution in [0.1, 0.15) is 17.3 Å². The fraction of sp³-hybridized carbons (Fsp3) is 0.364. The van der Waals surface area contributed by atoms with Crippen molar-refractivity contribution in [3.05, 3.63) is 34.3 Å². The third-order valence-electron chi connectivity index (χ3n) is 1.91. The number of carbonyl (C=O) groups is 1. The van der Waals surface area contributed by atoms with Crippen LogP contribution in [0.4, 0.5) is 0 Å². The Morgan fingerprint density at radius 2 is 2.20 bits per heavy atom. The zero-order chi connectivity index (χ0) is 11.3. The van der Waals surface area contributed by atoms with E-state index in [9.17, 15) is 4.79 Å². The lowest BCUT2D eigenvalue weighted by molar-refractivity contribution is 0.0905. The Kier molecular flexibility index (Phi) is 4.78. The van der Waals surface area contributed by atoms with Gasteiger partial charge in [0, 0.05) is 17.6 Å². The zero-order valence-electron chi connectivity index (χ0n) is 8.79. The van der Waals surface area contributed by atoms with Crippen LogP contribution in [-0.4, -0.2) is 25.7 Å². The molecule has 82 valence electrons. The summed E-state index contributed by atoms with van der Waals surface area (Å²) >= 11 is 3.33. The standard InChI is InChI=1S/C11H14BrNO2/c1-8(7-15-2)13-11(14)9-5-3-4-6-10(9)12/h3-6,8H,7H2,1-2H3,(H,13,14). The molecule has 0 aliphatic carbocycles. The van der Waals surface area contributed by atoms with Crippen LogP contribution in [0.25, 0.3) is 0 Å². The summed E-state index contributed by atoms with van der Waals surface area (Å²) in [5, 5.41) is 2.84. The molecule has 0 spiro atoms. The van der Waals surface area contributed by atoms with Crippen molar-refractivity contribution in [1.82, 2.24) is 5.32 Å². The molecule has 1 amide bonds. The molecular weight excluding hydrogens is 258 g/mol. The summed E-state index contributed by atoms with van der Waals surface area (Å²) in [4.78, 5) is 11.8. The minimum Gasteiger partial charge on any atom is -0.383 e.